The van der Waals surface area contributed by atoms with E-state index in [9.17, 15) is 0 Å². The first kappa shape index (κ1) is 22.5. The molecule has 0 saturated carbocycles. The molecule has 2 N–H and O–H groups in total. The minimum Gasteiger partial charge on any atom is -0.328 e. The van der Waals surface area contributed by atoms with Crippen molar-refractivity contribution < 1.29 is 69.6 Å². The molecule has 0 saturated heterocycles. The molecule has 48 valence electrons. The van der Waals surface area contributed by atoms with Crippen molar-refractivity contribution in [2.24, 2.45) is 0 Å². The number of hydrogen-bond donors (Lipinski definition) is 2. The van der Waals surface area contributed by atoms with E-state index in [-0.39, 0.29) is 49.0 Å². The van der Waals surface area contributed by atoms with E-state index >= 15 is 0 Å². The van der Waals surface area contributed by atoms with Gasteiger partial charge in [0.1, 0.15) is 0 Å². The van der Waals surface area contributed by atoms with Crippen LogP contribution in [0.4, 0.5) is 0 Å². The fourth-order valence-electron chi connectivity index (χ4n) is 0. The van der Waals surface area contributed by atoms with Gasteiger partial charge in [-0.1, -0.05) is 0 Å². The molecule has 0 atom stereocenters. The molecule has 8 nitrogen and oxygen atoms in total. The van der Waals surface area contributed by atoms with Gasteiger partial charge in [0.2, 0.25) is 0 Å². The van der Waals surface area contributed by atoms with E-state index < -0.39 is 10.2 Å². The summed E-state index contributed by atoms with van der Waals surface area (Å²) in [6, 6.07) is 0. The van der Waals surface area contributed by atoms with Crippen LogP contribution in [0.1, 0.15) is 0 Å². The van der Waals surface area contributed by atoms with Gasteiger partial charge in [-0.2, -0.15) is 0 Å². The predicted octanol–water partition coefficient (Wildman–Crippen LogP) is -3.69. The Morgan fingerprint density at radius 3 is 1.00 bits per heavy atom. The van der Waals surface area contributed by atoms with Crippen LogP contribution in [0.15, 0.2) is 0 Å². The summed E-state index contributed by atoms with van der Waals surface area (Å²) in [6.07, 6.45) is 0. The summed E-state index contributed by atoms with van der Waals surface area (Å²) < 4.78 is 0. The number of hydrogen-bond acceptors (Lipinski definition) is 4. The maximum absolute atomic E-state index is 8.36. The van der Waals surface area contributed by atoms with E-state index in [2.05, 4.69) is 0 Å². The quantitative estimate of drug-likeness (QED) is 0.243. The third kappa shape index (κ3) is 724000. The van der Waals surface area contributed by atoms with Crippen molar-refractivity contribution in [1.29, 1.82) is 0 Å². The average Bonchev–Trinajstić information content (AvgIpc) is 1.25. The zero-order chi connectivity index (χ0) is 7.15. The standard InChI is InChI=1S/2HNO3.Na.Zn/c2*2-1(3)4;;/h2*(H,2,3,4);;/q;;+1;+2. The average molecular weight is 214 g/mol. The van der Waals surface area contributed by atoms with Crippen LogP contribution in [0.2, 0.25) is 0 Å². The van der Waals surface area contributed by atoms with Gasteiger partial charge in [-0.25, -0.2) is 0 Å². The Hall–Kier alpha value is 0.0234. The second-order valence-electron chi connectivity index (χ2n) is 0.476. The zero-order valence-corrected chi connectivity index (χ0v) is 10.1. The van der Waals surface area contributed by atoms with Gasteiger partial charge < -0.3 is 10.4 Å². The molecule has 0 unspecified atom stereocenters. The van der Waals surface area contributed by atoms with Gasteiger partial charge in [-0.3, -0.25) is 0 Å². The summed E-state index contributed by atoms with van der Waals surface area (Å²) in [7, 11) is 0. The van der Waals surface area contributed by atoms with Crippen molar-refractivity contribution in [2.45, 2.75) is 0 Å². The molecule has 0 radical (unpaired) electrons. The van der Waals surface area contributed by atoms with Gasteiger partial charge in [0.25, 0.3) is 10.2 Å². The first-order valence-corrected chi connectivity index (χ1v) is 1.13. The topological polar surface area (TPSA) is 127 Å². The summed E-state index contributed by atoms with van der Waals surface area (Å²) in [6.45, 7) is 0. The van der Waals surface area contributed by atoms with Crippen LogP contribution in [-0.4, -0.2) is 20.6 Å². The Morgan fingerprint density at radius 2 is 1.00 bits per heavy atom. The minimum atomic E-state index is -1.50. The van der Waals surface area contributed by atoms with Crippen LogP contribution in [0.3, 0.4) is 0 Å². The van der Waals surface area contributed by atoms with Gasteiger partial charge in [0.15, 0.2) is 0 Å². The van der Waals surface area contributed by atoms with E-state index in [1.165, 1.54) is 0 Å². The van der Waals surface area contributed by atoms with E-state index in [4.69, 9.17) is 30.6 Å². The zero-order valence-electron chi connectivity index (χ0n) is 5.13. The fraction of sp³-hybridized carbons (Fsp3) is 0. The molecule has 0 aromatic carbocycles. The molecule has 10 heavy (non-hydrogen) atoms. The first-order chi connectivity index (χ1) is 3.46. The van der Waals surface area contributed by atoms with Gasteiger partial charge in [-0.05, 0) is 0 Å². The van der Waals surface area contributed by atoms with Gasteiger partial charge in [0.05, 0.1) is 0 Å². The molecule has 0 fully saturated rings. The number of nitrogens with zero attached hydrogens (tertiary/aromatic N) is 2. The molecule has 10 heteroatoms. The van der Waals surface area contributed by atoms with Crippen molar-refractivity contribution in [3.8, 4) is 0 Å². The molecular weight excluding hydrogens is 212 g/mol. The summed E-state index contributed by atoms with van der Waals surface area (Å²) >= 11 is 0. The molecule has 0 aliphatic heterocycles. The Labute approximate surface area is 89.5 Å². The second-order valence-corrected chi connectivity index (χ2v) is 0.476. The normalized spacial score (nSPS) is 4.80. The van der Waals surface area contributed by atoms with E-state index in [1.807, 2.05) is 0 Å². The Bertz CT molecular complexity index is 73.7. The largest absolute Gasteiger partial charge is 2.00 e. The van der Waals surface area contributed by atoms with Crippen molar-refractivity contribution in [3.05, 3.63) is 20.2 Å². The number of rotatable bonds is 0. The monoisotopic (exact) mass is 213 g/mol. The first-order valence-electron chi connectivity index (χ1n) is 1.13. The third-order valence-electron chi connectivity index (χ3n) is 0. The van der Waals surface area contributed by atoms with Gasteiger partial charge in [0, 0.05) is 0 Å². The Morgan fingerprint density at radius 1 is 1.00 bits per heavy atom. The van der Waals surface area contributed by atoms with E-state index in [0.717, 1.165) is 0 Å². The van der Waals surface area contributed by atoms with Crippen molar-refractivity contribution in [3.63, 3.8) is 0 Å². The Kier molecular flexibility index (Phi) is 36.0. The third-order valence-corrected chi connectivity index (χ3v) is 0. The van der Waals surface area contributed by atoms with Crippen LogP contribution >= 0.6 is 0 Å². The summed E-state index contributed by atoms with van der Waals surface area (Å²) in [4.78, 5) is 16.7. The van der Waals surface area contributed by atoms with E-state index in [0.29, 0.717) is 0 Å². The maximum Gasteiger partial charge on any atom is 2.00 e. The molecule has 0 aliphatic rings. The molecule has 0 amide bonds. The fourth-order valence-corrected chi connectivity index (χ4v) is 0. The second kappa shape index (κ2) is 16.0. The smallest absolute Gasteiger partial charge is 0.328 e. The summed E-state index contributed by atoms with van der Waals surface area (Å²) in [5, 5.41) is 27.3. The van der Waals surface area contributed by atoms with Crippen molar-refractivity contribution >= 4 is 0 Å². The van der Waals surface area contributed by atoms with Crippen molar-refractivity contribution in [1.82, 2.24) is 0 Å². The van der Waals surface area contributed by atoms with Gasteiger partial charge >= 0.3 is 49.0 Å². The molecule has 0 rings (SSSR count). The summed E-state index contributed by atoms with van der Waals surface area (Å²) in [5.41, 5.74) is 0. The van der Waals surface area contributed by atoms with Crippen LogP contribution < -0.4 is 29.6 Å². The van der Waals surface area contributed by atoms with E-state index in [1.54, 1.807) is 0 Å². The van der Waals surface area contributed by atoms with Crippen LogP contribution in [0.25, 0.3) is 0 Å². The molecule has 0 aromatic heterocycles. The van der Waals surface area contributed by atoms with Crippen LogP contribution in [0.5, 0.6) is 0 Å². The molecule has 0 heterocycles. The van der Waals surface area contributed by atoms with Gasteiger partial charge in [-0.15, -0.1) is 20.2 Å². The summed E-state index contributed by atoms with van der Waals surface area (Å²) in [5.74, 6) is 0. The molecular formula is H2N2NaO6Zn+3. The Balaban J connectivity index is -0.0000000300. The van der Waals surface area contributed by atoms with Crippen LogP contribution in [-0.2, 0) is 19.5 Å². The minimum absolute atomic E-state index is 0. The van der Waals surface area contributed by atoms with Crippen LogP contribution in [0, 0.1) is 20.2 Å². The molecule has 0 aliphatic carbocycles. The predicted molar refractivity (Wildman–Crippen MR) is 17.6 cm³/mol. The molecule has 0 aromatic rings. The van der Waals surface area contributed by atoms with Crippen molar-refractivity contribution in [2.75, 3.05) is 0 Å². The SMILES string of the molecule is O=[N+]([O-])O.O=[N+]([O-])O.[Na+].[Zn+2]. The maximum atomic E-state index is 8.36. The molecule has 0 spiro atoms. The molecule has 0 bridgehead atoms.